The largest absolute Gasteiger partial charge is 0.478 e. The fraction of sp³-hybridized carbons (Fsp3) is 0.308. The van der Waals surface area contributed by atoms with Crippen LogP contribution in [0.1, 0.15) is 25.3 Å². The Morgan fingerprint density at radius 2 is 1.90 bits per heavy atom. The summed E-state index contributed by atoms with van der Waals surface area (Å²) in [4.78, 5) is 31.7. The first-order valence-electron chi connectivity index (χ1n) is 6.14. The van der Waals surface area contributed by atoms with Gasteiger partial charge >= 0.3 is 5.97 Å². The zero-order valence-corrected chi connectivity index (χ0v) is 11.8. The minimum atomic E-state index is -1.19. The van der Waals surface area contributed by atoms with E-state index in [1.165, 1.54) is 23.6 Å². The first-order chi connectivity index (χ1) is 9.86. The highest BCUT2D eigenvalue weighted by atomic mass is 16.6. The van der Waals surface area contributed by atoms with Gasteiger partial charge in [-0.25, -0.2) is 14.8 Å². The highest BCUT2D eigenvalue weighted by Gasteiger charge is 2.42. The van der Waals surface area contributed by atoms with E-state index in [2.05, 4.69) is 9.97 Å². The topological polar surface area (TPSA) is 109 Å². The van der Waals surface area contributed by atoms with Crippen LogP contribution in [0.15, 0.2) is 41.4 Å². The molecule has 0 bridgehead atoms. The van der Waals surface area contributed by atoms with Crippen LogP contribution in [0.3, 0.4) is 0 Å². The van der Waals surface area contributed by atoms with Gasteiger partial charge in [-0.3, -0.25) is 10.1 Å². The number of nitro groups is 1. The summed E-state index contributed by atoms with van der Waals surface area (Å²) in [5.41, 5.74) is 1.03. The van der Waals surface area contributed by atoms with E-state index in [1.54, 1.807) is 20.9 Å². The van der Waals surface area contributed by atoms with E-state index in [4.69, 9.17) is 0 Å². The van der Waals surface area contributed by atoms with Crippen LogP contribution in [-0.2, 0) is 4.79 Å². The van der Waals surface area contributed by atoms with Crippen LogP contribution < -0.4 is 0 Å². The molecule has 0 saturated heterocycles. The normalized spacial score (nSPS) is 19.0. The lowest BCUT2D eigenvalue weighted by Gasteiger charge is -2.31. The van der Waals surface area contributed by atoms with Gasteiger partial charge in [-0.2, -0.15) is 0 Å². The van der Waals surface area contributed by atoms with Crippen molar-refractivity contribution < 1.29 is 14.8 Å². The predicted molar refractivity (Wildman–Crippen MR) is 72.6 cm³/mol. The number of carbonyl (C=O) groups is 1. The second kappa shape index (κ2) is 5.31. The molecule has 21 heavy (non-hydrogen) atoms. The molecule has 1 aliphatic rings. The summed E-state index contributed by atoms with van der Waals surface area (Å²) in [7, 11) is 1.61. The van der Waals surface area contributed by atoms with Crippen molar-refractivity contribution in [2.45, 2.75) is 19.8 Å². The molecule has 1 aromatic rings. The highest BCUT2D eigenvalue weighted by Crippen LogP contribution is 2.40. The number of hydrogen-bond acceptors (Lipinski definition) is 6. The van der Waals surface area contributed by atoms with Gasteiger partial charge in [0, 0.05) is 30.7 Å². The average molecular weight is 290 g/mol. The molecular weight excluding hydrogens is 276 g/mol. The Kier molecular flexibility index (Phi) is 3.70. The Hall–Kier alpha value is -2.77. The summed E-state index contributed by atoms with van der Waals surface area (Å²) in [6.45, 7) is 3.22. The van der Waals surface area contributed by atoms with Gasteiger partial charge in [0.25, 0.3) is 5.70 Å². The van der Waals surface area contributed by atoms with Crippen LogP contribution in [0.25, 0.3) is 0 Å². The number of hydrogen-bond donors (Lipinski definition) is 1. The van der Waals surface area contributed by atoms with Crippen molar-refractivity contribution in [3.63, 3.8) is 0 Å². The zero-order chi connectivity index (χ0) is 15.7. The lowest BCUT2D eigenvalue weighted by atomic mass is 9.85. The van der Waals surface area contributed by atoms with Gasteiger partial charge in [-0.05, 0) is 13.8 Å². The predicted octanol–water partition coefficient (Wildman–Crippen LogP) is 1.37. The molecule has 8 nitrogen and oxygen atoms in total. The van der Waals surface area contributed by atoms with Crippen LogP contribution in [0.4, 0.5) is 0 Å². The van der Waals surface area contributed by atoms with Gasteiger partial charge in [0.1, 0.15) is 12.2 Å². The standard InChI is InChI=1S/C13H14N4O4/c1-7-10(13(18)19)11(9-4-14-6-15-5-9)12(17(20)21)8(2)16(7)3/h4-6,11H,1-3H3,(H,18,19). The molecule has 2 rings (SSSR count). The molecule has 8 heteroatoms. The van der Waals surface area contributed by atoms with E-state index in [1.807, 2.05) is 0 Å². The first kappa shape index (κ1) is 14.6. The molecule has 1 atom stereocenters. The Balaban J connectivity index is 2.74. The van der Waals surface area contributed by atoms with Crippen LogP contribution >= 0.6 is 0 Å². The van der Waals surface area contributed by atoms with E-state index < -0.39 is 16.8 Å². The second-order valence-corrected chi connectivity index (χ2v) is 4.70. The summed E-state index contributed by atoms with van der Waals surface area (Å²) in [5, 5.41) is 20.9. The first-order valence-corrected chi connectivity index (χ1v) is 6.14. The van der Waals surface area contributed by atoms with Crippen molar-refractivity contribution in [1.29, 1.82) is 0 Å². The molecule has 2 heterocycles. The Morgan fingerprint density at radius 1 is 1.33 bits per heavy atom. The third-order valence-corrected chi connectivity index (χ3v) is 3.67. The van der Waals surface area contributed by atoms with Crippen molar-refractivity contribution in [2.24, 2.45) is 0 Å². The summed E-state index contributed by atoms with van der Waals surface area (Å²) >= 11 is 0. The van der Waals surface area contributed by atoms with Gasteiger partial charge in [-0.15, -0.1) is 0 Å². The quantitative estimate of drug-likeness (QED) is 0.661. The number of carboxylic acids is 1. The zero-order valence-electron chi connectivity index (χ0n) is 11.8. The van der Waals surface area contributed by atoms with Crippen molar-refractivity contribution in [3.05, 3.63) is 57.1 Å². The lowest BCUT2D eigenvalue weighted by Crippen LogP contribution is -2.32. The number of carboxylic acid groups (broad SMARTS) is 1. The molecule has 0 aliphatic carbocycles. The molecule has 1 N–H and O–H groups in total. The highest BCUT2D eigenvalue weighted by molar-refractivity contribution is 5.90. The minimum Gasteiger partial charge on any atom is -0.478 e. The number of aliphatic carboxylic acids is 1. The maximum absolute atomic E-state index is 11.6. The van der Waals surface area contributed by atoms with Gasteiger partial charge in [0.05, 0.1) is 16.2 Å². The Labute approximate surface area is 120 Å². The molecule has 0 fully saturated rings. The average Bonchev–Trinajstić information content (AvgIpc) is 2.44. The van der Waals surface area contributed by atoms with Crippen molar-refractivity contribution in [1.82, 2.24) is 14.9 Å². The van der Waals surface area contributed by atoms with Crippen LogP contribution in [0, 0.1) is 10.1 Å². The molecular formula is C13H14N4O4. The third-order valence-electron chi connectivity index (χ3n) is 3.67. The Morgan fingerprint density at radius 3 is 2.38 bits per heavy atom. The van der Waals surface area contributed by atoms with Crippen molar-refractivity contribution in [2.75, 3.05) is 7.05 Å². The molecule has 0 aromatic carbocycles. The summed E-state index contributed by atoms with van der Waals surface area (Å²) in [5.74, 6) is -2.19. The number of nitrogens with zero attached hydrogens (tertiary/aromatic N) is 4. The summed E-state index contributed by atoms with van der Waals surface area (Å²) < 4.78 is 0. The van der Waals surface area contributed by atoms with E-state index in [9.17, 15) is 20.0 Å². The summed E-state index contributed by atoms with van der Waals surface area (Å²) in [6, 6.07) is 0. The van der Waals surface area contributed by atoms with E-state index >= 15 is 0 Å². The van der Waals surface area contributed by atoms with Gasteiger partial charge < -0.3 is 10.0 Å². The molecule has 0 saturated carbocycles. The fourth-order valence-electron chi connectivity index (χ4n) is 2.46. The lowest BCUT2D eigenvalue weighted by molar-refractivity contribution is -0.431. The van der Waals surface area contributed by atoms with Gasteiger partial charge in [-0.1, -0.05) is 0 Å². The molecule has 1 aliphatic heterocycles. The van der Waals surface area contributed by atoms with Crippen LogP contribution in [0.5, 0.6) is 0 Å². The molecule has 0 radical (unpaired) electrons. The molecule has 110 valence electrons. The molecule has 0 amide bonds. The van der Waals surface area contributed by atoms with Gasteiger partial charge in [0.15, 0.2) is 0 Å². The maximum atomic E-state index is 11.6. The van der Waals surface area contributed by atoms with Crippen molar-refractivity contribution >= 4 is 5.97 Å². The van der Waals surface area contributed by atoms with Gasteiger partial charge in [0.2, 0.25) is 0 Å². The molecule has 1 aromatic heterocycles. The number of aromatic nitrogens is 2. The third kappa shape index (κ3) is 2.35. The monoisotopic (exact) mass is 290 g/mol. The molecule has 0 spiro atoms. The summed E-state index contributed by atoms with van der Waals surface area (Å²) in [6.07, 6.45) is 4.09. The van der Waals surface area contributed by atoms with Crippen LogP contribution in [0.2, 0.25) is 0 Å². The maximum Gasteiger partial charge on any atom is 0.334 e. The minimum absolute atomic E-state index is 0.0374. The Bertz CT molecular complexity index is 628. The van der Waals surface area contributed by atoms with Crippen LogP contribution in [-0.4, -0.2) is 37.9 Å². The molecule has 1 unspecified atom stereocenters. The van der Waals surface area contributed by atoms with E-state index in [0.29, 0.717) is 17.0 Å². The van der Waals surface area contributed by atoms with Crippen molar-refractivity contribution in [3.8, 4) is 0 Å². The number of rotatable bonds is 3. The SMILES string of the molecule is CC1=C(C(=O)O)C(c2cncnc2)C([N+](=O)[O-])=C(C)N1C. The number of allylic oxidation sites excluding steroid dienone is 3. The van der Waals surface area contributed by atoms with E-state index in [-0.39, 0.29) is 11.3 Å². The second-order valence-electron chi connectivity index (χ2n) is 4.70. The van der Waals surface area contributed by atoms with E-state index in [0.717, 1.165) is 0 Å². The smallest absolute Gasteiger partial charge is 0.334 e. The fourth-order valence-corrected chi connectivity index (χ4v) is 2.46.